The second-order valence-electron chi connectivity index (χ2n) is 3.48. The molecule has 0 amide bonds. The summed E-state index contributed by atoms with van der Waals surface area (Å²) in [6.07, 6.45) is 0.550. The number of aldehydes is 1. The van der Waals surface area contributed by atoms with Crippen LogP contribution < -0.4 is 9.47 Å². The van der Waals surface area contributed by atoms with Crippen LogP contribution in [-0.4, -0.2) is 39.9 Å². The van der Waals surface area contributed by atoms with Crippen LogP contribution in [0.3, 0.4) is 0 Å². The van der Waals surface area contributed by atoms with Gasteiger partial charge in [-0.2, -0.15) is 0 Å². The van der Waals surface area contributed by atoms with Crippen molar-refractivity contribution in [3.8, 4) is 11.5 Å². The lowest BCUT2D eigenvalue weighted by atomic mass is 10.1. The second-order valence-corrected chi connectivity index (χ2v) is 3.48. The molecule has 0 bridgehead atoms. The highest BCUT2D eigenvalue weighted by Crippen LogP contribution is 2.29. The van der Waals surface area contributed by atoms with E-state index in [1.165, 1.54) is 26.4 Å². The van der Waals surface area contributed by atoms with Gasteiger partial charge in [0.05, 0.1) is 13.7 Å². The van der Waals surface area contributed by atoms with Crippen LogP contribution in [0.25, 0.3) is 0 Å². The molecular weight excluding hydrogens is 252 g/mol. The molecule has 1 rings (SSSR count). The summed E-state index contributed by atoms with van der Waals surface area (Å²) in [5, 5.41) is 0. The molecule has 0 aromatic heterocycles. The molecule has 6 nitrogen and oxygen atoms in total. The van der Waals surface area contributed by atoms with Crippen molar-refractivity contribution < 1.29 is 28.5 Å². The summed E-state index contributed by atoms with van der Waals surface area (Å²) in [6, 6.07) is 2.94. The Kier molecular flexibility index (Phi) is 5.81. The highest BCUT2D eigenvalue weighted by atomic mass is 16.7. The third-order valence-corrected chi connectivity index (χ3v) is 2.28. The number of rotatable bonds is 7. The molecule has 0 N–H and O–H groups in total. The second kappa shape index (κ2) is 7.38. The van der Waals surface area contributed by atoms with Crippen molar-refractivity contribution in [2.45, 2.75) is 6.92 Å². The number of carbonyl (C=O) groups is 2. The summed E-state index contributed by atoms with van der Waals surface area (Å²) in [4.78, 5) is 22.9. The molecule has 0 saturated heterocycles. The van der Waals surface area contributed by atoms with E-state index in [0.717, 1.165) is 0 Å². The van der Waals surface area contributed by atoms with Crippen LogP contribution in [0.1, 0.15) is 27.6 Å². The molecule has 6 heteroatoms. The summed E-state index contributed by atoms with van der Waals surface area (Å²) >= 11 is 0. The van der Waals surface area contributed by atoms with E-state index in [1.54, 1.807) is 6.92 Å². The first kappa shape index (κ1) is 15.0. The van der Waals surface area contributed by atoms with Crippen LogP contribution in [0, 0.1) is 0 Å². The number of methoxy groups -OCH3 is 2. The minimum atomic E-state index is -0.627. The zero-order valence-electron chi connectivity index (χ0n) is 11.1. The van der Waals surface area contributed by atoms with Crippen LogP contribution in [0.15, 0.2) is 12.1 Å². The molecule has 0 spiro atoms. The average Bonchev–Trinajstić information content (AvgIpc) is 2.43. The Balaban J connectivity index is 3.28. The van der Waals surface area contributed by atoms with E-state index in [9.17, 15) is 9.59 Å². The van der Waals surface area contributed by atoms with Gasteiger partial charge in [0.25, 0.3) is 0 Å². The van der Waals surface area contributed by atoms with Crippen molar-refractivity contribution >= 4 is 12.3 Å². The van der Waals surface area contributed by atoms with E-state index in [2.05, 4.69) is 0 Å². The minimum Gasteiger partial charge on any atom is -0.497 e. The number of carbonyl (C=O) groups excluding carboxylic acids is 2. The summed E-state index contributed by atoms with van der Waals surface area (Å²) in [6.45, 7) is 1.82. The zero-order chi connectivity index (χ0) is 14.3. The smallest absolute Gasteiger partial charge is 0.342 e. The third kappa shape index (κ3) is 3.69. The third-order valence-electron chi connectivity index (χ3n) is 2.28. The Morgan fingerprint density at radius 2 is 2.05 bits per heavy atom. The Bertz CT molecular complexity index is 455. The largest absolute Gasteiger partial charge is 0.497 e. The predicted molar refractivity (Wildman–Crippen MR) is 66.8 cm³/mol. The average molecular weight is 268 g/mol. The summed E-state index contributed by atoms with van der Waals surface area (Å²) in [5.74, 6) is -0.0404. The molecule has 0 radical (unpaired) electrons. The van der Waals surface area contributed by atoms with Gasteiger partial charge in [-0.25, -0.2) is 4.79 Å². The van der Waals surface area contributed by atoms with Gasteiger partial charge in [0.2, 0.25) is 0 Å². The zero-order valence-corrected chi connectivity index (χ0v) is 11.1. The normalized spacial score (nSPS) is 9.84. The highest BCUT2D eigenvalue weighted by molar-refractivity contribution is 6.01. The fraction of sp³-hybridized carbons (Fsp3) is 0.385. The molecule has 0 fully saturated rings. The lowest BCUT2D eigenvalue weighted by Gasteiger charge is -2.13. The van der Waals surface area contributed by atoms with E-state index in [1.807, 2.05) is 0 Å². The molecule has 0 aliphatic heterocycles. The molecule has 19 heavy (non-hydrogen) atoms. The van der Waals surface area contributed by atoms with Gasteiger partial charge in [0, 0.05) is 18.7 Å². The maximum absolute atomic E-state index is 11.9. The molecule has 0 aliphatic rings. The van der Waals surface area contributed by atoms with Crippen molar-refractivity contribution in [3.63, 3.8) is 0 Å². The molecule has 104 valence electrons. The van der Waals surface area contributed by atoms with Crippen LogP contribution in [0.2, 0.25) is 0 Å². The van der Waals surface area contributed by atoms with Gasteiger partial charge in [-0.1, -0.05) is 0 Å². The maximum atomic E-state index is 11.9. The fourth-order valence-corrected chi connectivity index (χ4v) is 1.48. The van der Waals surface area contributed by atoms with Crippen molar-refractivity contribution in [1.29, 1.82) is 0 Å². The van der Waals surface area contributed by atoms with Crippen LogP contribution in [0.5, 0.6) is 11.5 Å². The summed E-state index contributed by atoms with van der Waals surface area (Å²) in [5.41, 5.74) is 0.207. The van der Waals surface area contributed by atoms with E-state index < -0.39 is 5.97 Å². The fourth-order valence-electron chi connectivity index (χ4n) is 1.48. The van der Waals surface area contributed by atoms with Crippen molar-refractivity contribution in [1.82, 2.24) is 0 Å². The topological polar surface area (TPSA) is 71.1 Å². The maximum Gasteiger partial charge on any atom is 0.342 e. The van der Waals surface area contributed by atoms with E-state index in [4.69, 9.17) is 18.9 Å². The number of ether oxygens (including phenoxy) is 4. The Morgan fingerprint density at radius 3 is 2.58 bits per heavy atom. The number of hydrogen-bond acceptors (Lipinski definition) is 6. The van der Waals surface area contributed by atoms with E-state index in [0.29, 0.717) is 12.0 Å². The minimum absolute atomic E-state index is 0.0577. The number of esters is 1. The van der Waals surface area contributed by atoms with E-state index >= 15 is 0 Å². The Hall–Kier alpha value is -2.08. The van der Waals surface area contributed by atoms with Crippen molar-refractivity contribution in [3.05, 3.63) is 23.3 Å². The standard InChI is InChI=1S/C13H16O6/c1-4-18-13(15)12-9(7-14)5-10(17-3)6-11(12)19-8-16-2/h5-7H,4,8H2,1-3H3. The molecule has 1 aromatic rings. The van der Waals surface area contributed by atoms with Crippen LogP contribution in [0.4, 0.5) is 0 Å². The molecule has 0 saturated carbocycles. The van der Waals surface area contributed by atoms with Crippen LogP contribution in [-0.2, 0) is 9.47 Å². The first-order valence-corrected chi connectivity index (χ1v) is 5.64. The van der Waals surface area contributed by atoms with Crippen molar-refractivity contribution in [2.75, 3.05) is 27.6 Å². The highest BCUT2D eigenvalue weighted by Gasteiger charge is 2.20. The Morgan fingerprint density at radius 1 is 1.32 bits per heavy atom. The van der Waals surface area contributed by atoms with Gasteiger partial charge in [0.15, 0.2) is 13.1 Å². The van der Waals surface area contributed by atoms with Gasteiger partial charge in [-0.3, -0.25) is 4.79 Å². The van der Waals surface area contributed by atoms with Gasteiger partial charge >= 0.3 is 5.97 Å². The summed E-state index contributed by atoms with van der Waals surface area (Å²) < 4.78 is 20.0. The first-order chi connectivity index (χ1) is 9.17. The molecule has 0 heterocycles. The summed E-state index contributed by atoms with van der Waals surface area (Å²) in [7, 11) is 2.90. The van der Waals surface area contributed by atoms with Gasteiger partial charge in [-0.05, 0) is 13.0 Å². The van der Waals surface area contributed by atoms with Gasteiger partial charge in [0.1, 0.15) is 17.1 Å². The lowest BCUT2D eigenvalue weighted by molar-refractivity contribution is 0.0435. The molecule has 1 aromatic carbocycles. The number of hydrogen-bond donors (Lipinski definition) is 0. The number of benzene rings is 1. The van der Waals surface area contributed by atoms with Gasteiger partial charge in [-0.15, -0.1) is 0 Å². The predicted octanol–water partition coefficient (Wildman–Crippen LogP) is 1.67. The molecular formula is C13H16O6. The Labute approximate surface area is 111 Å². The van der Waals surface area contributed by atoms with E-state index in [-0.39, 0.29) is 30.3 Å². The molecule has 0 aliphatic carbocycles. The van der Waals surface area contributed by atoms with Crippen LogP contribution >= 0.6 is 0 Å². The molecule has 0 unspecified atom stereocenters. The lowest BCUT2D eigenvalue weighted by Crippen LogP contribution is -2.12. The SMILES string of the molecule is CCOC(=O)c1c(C=O)cc(OC)cc1OCOC. The quantitative estimate of drug-likeness (QED) is 0.425. The molecule has 0 atom stereocenters. The monoisotopic (exact) mass is 268 g/mol. The van der Waals surface area contributed by atoms with Crippen molar-refractivity contribution in [2.24, 2.45) is 0 Å². The first-order valence-electron chi connectivity index (χ1n) is 5.64. The van der Waals surface area contributed by atoms with Gasteiger partial charge < -0.3 is 18.9 Å².